The van der Waals surface area contributed by atoms with Gasteiger partial charge in [0.2, 0.25) is 0 Å². The molecule has 0 saturated carbocycles. The van der Waals surface area contributed by atoms with Crippen LogP contribution in [-0.2, 0) is 4.79 Å². The molecule has 1 aliphatic heterocycles. The van der Waals surface area contributed by atoms with E-state index in [0.717, 1.165) is 13.1 Å². The quantitative estimate of drug-likeness (QED) is 0.408. The van der Waals surface area contributed by atoms with Gasteiger partial charge >= 0.3 is 0 Å². The Morgan fingerprint density at radius 2 is 2.25 bits per heavy atom. The number of carbonyl (C=O) groups excluding carboxylic acids is 1. The van der Waals surface area contributed by atoms with Gasteiger partial charge in [-0.25, -0.2) is 0 Å². The number of rotatable bonds is 2. The van der Waals surface area contributed by atoms with Crippen LogP contribution in [0, 0.1) is 0 Å². The SMILES string of the molecule is CC(C(=O)[O-])N1CC1. The summed E-state index contributed by atoms with van der Waals surface area (Å²) >= 11 is 0. The van der Waals surface area contributed by atoms with Crippen LogP contribution in [0.3, 0.4) is 0 Å². The molecular formula is C5H8NO2-. The van der Waals surface area contributed by atoms with Crippen molar-refractivity contribution in [3.05, 3.63) is 0 Å². The summed E-state index contributed by atoms with van der Waals surface area (Å²) in [5.41, 5.74) is 0. The molecule has 1 saturated heterocycles. The zero-order valence-electron chi connectivity index (χ0n) is 4.76. The third-order valence-electron chi connectivity index (χ3n) is 1.37. The Hall–Kier alpha value is -0.570. The van der Waals surface area contributed by atoms with Crippen molar-refractivity contribution in [2.75, 3.05) is 13.1 Å². The Morgan fingerprint density at radius 1 is 1.75 bits per heavy atom. The Labute approximate surface area is 47.9 Å². The van der Waals surface area contributed by atoms with Crippen LogP contribution in [0.4, 0.5) is 0 Å². The maximum atomic E-state index is 10.0. The van der Waals surface area contributed by atoms with Crippen molar-refractivity contribution < 1.29 is 9.90 Å². The highest BCUT2D eigenvalue weighted by Gasteiger charge is 2.23. The van der Waals surface area contributed by atoms with Gasteiger partial charge in [0.25, 0.3) is 0 Å². The second-order valence-electron chi connectivity index (χ2n) is 2.03. The molecule has 0 aliphatic carbocycles. The third-order valence-corrected chi connectivity index (χ3v) is 1.37. The molecule has 1 rings (SSSR count). The van der Waals surface area contributed by atoms with Gasteiger partial charge in [-0.05, 0) is 6.92 Å². The first kappa shape index (κ1) is 5.56. The average molecular weight is 114 g/mol. The Balaban J connectivity index is 2.32. The van der Waals surface area contributed by atoms with Gasteiger partial charge in [-0.1, -0.05) is 0 Å². The summed E-state index contributed by atoms with van der Waals surface area (Å²) in [6, 6.07) is -0.380. The first-order valence-corrected chi connectivity index (χ1v) is 2.66. The molecule has 0 spiro atoms. The van der Waals surface area contributed by atoms with E-state index < -0.39 is 5.97 Å². The topological polar surface area (TPSA) is 43.1 Å². The molecule has 0 bridgehead atoms. The summed E-state index contributed by atoms with van der Waals surface area (Å²) in [6.45, 7) is 3.46. The van der Waals surface area contributed by atoms with Crippen LogP contribution in [0.1, 0.15) is 6.92 Å². The minimum atomic E-state index is -0.970. The molecule has 1 heterocycles. The maximum Gasteiger partial charge on any atom is 0.0583 e. The predicted molar refractivity (Wildman–Crippen MR) is 26.0 cm³/mol. The molecule has 3 nitrogen and oxygen atoms in total. The molecule has 0 radical (unpaired) electrons. The molecule has 3 heteroatoms. The molecule has 0 aromatic rings. The highest BCUT2D eigenvalue weighted by Crippen LogP contribution is 2.08. The average Bonchev–Trinajstić information content (AvgIpc) is 2.43. The maximum absolute atomic E-state index is 10.0. The summed E-state index contributed by atoms with van der Waals surface area (Å²) in [5.74, 6) is -0.970. The molecule has 46 valence electrons. The molecule has 0 N–H and O–H groups in total. The second-order valence-corrected chi connectivity index (χ2v) is 2.03. The highest BCUT2D eigenvalue weighted by atomic mass is 16.4. The van der Waals surface area contributed by atoms with Gasteiger partial charge in [0.1, 0.15) is 0 Å². The van der Waals surface area contributed by atoms with Gasteiger partial charge < -0.3 is 9.90 Å². The Morgan fingerprint density at radius 3 is 2.38 bits per heavy atom. The normalized spacial score (nSPS) is 22.6. The smallest absolute Gasteiger partial charge is 0.0583 e. The van der Waals surface area contributed by atoms with Gasteiger partial charge in [-0.3, -0.25) is 4.90 Å². The van der Waals surface area contributed by atoms with E-state index in [1.54, 1.807) is 6.92 Å². The van der Waals surface area contributed by atoms with Gasteiger partial charge in [0.05, 0.1) is 5.97 Å². The van der Waals surface area contributed by atoms with Crippen LogP contribution >= 0.6 is 0 Å². The fourth-order valence-corrected chi connectivity index (χ4v) is 0.594. The van der Waals surface area contributed by atoms with Crippen LogP contribution in [0.25, 0.3) is 0 Å². The summed E-state index contributed by atoms with van der Waals surface area (Å²) in [4.78, 5) is 11.9. The van der Waals surface area contributed by atoms with Gasteiger partial charge in [0.15, 0.2) is 0 Å². The molecule has 8 heavy (non-hydrogen) atoms. The minimum absolute atomic E-state index is 0.380. The molecule has 0 aromatic heterocycles. The molecule has 1 atom stereocenters. The van der Waals surface area contributed by atoms with Crippen molar-refractivity contribution >= 4 is 5.97 Å². The van der Waals surface area contributed by atoms with E-state index in [2.05, 4.69) is 0 Å². The van der Waals surface area contributed by atoms with Crippen molar-refractivity contribution in [1.29, 1.82) is 0 Å². The number of hydrogen-bond acceptors (Lipinski definition) is 3. The molecule has 0 aromatic carbocycles. The predicted octanol–water partition coefficient (Wildman–Crippen LogP) is -1.56. The van der Waals surface area contributed by atoms with E-state index in [1.807, 2.05) is 4.90 Å². The fraction of sp³-hybridized carbons (Fsp3) is 0.800. The monoisotopic (exact) mass is 114 g/mol. The van der Waals surface area contributed by atoms with E-state index in [0.29, 0.717) is 0 Å². The van der Waals surface area contributed by atoms with Crippen LogP contribution in [0.15, 0.2) is 0 Å². The van der Waals surface area contributed by atoms with Crippen molar-refractivity contribution in [2.45, 2.75) is 13.0 Å². The lowest BCUT2D eigenvalue weighted by Gasteiger charge is -2.11. The van der Waals surface area contributed by atoms with Crippen molar-refractivity contribution in [2.24, 2.45) is 0 Å². The van der Waals surface area contributed by atoms with E-state index >= 15 is 0 Å². The van der Waals surface area contributed by atoms with E-state index in [4.69, 9.17) is 0 Å². The number of carboxylic acids is 1. The lowest BCUT2D eigenvalue weighted by Crippen LogP contribution is -2.38. The van der Waals surface area contributed by atoms with Crippen LogP contribution < -0.4 is 5.11 Å². The summed E-state index contributed by atoms with van der Waals surface area (Å²) in [5, 5.41) is 10.0. The van der Waals surface area contributed by atoms with E-state index in [1.165, 1.54) is 0 Å². The zero-order valence-corrected chi connectivity index (χ0v) is 4.76. The van der Waals surface area contributed by atoms with E-state index in [9.17, 15) is 9.90 Å². The van der Waals surface area contributed by atoms with Crippen molar-refractivity contribution in [3.8, 4) is 0 Å². The Kier molecular flexibility index (Phi) is 1.21. The van der Waals surface area contributed by atoms with Crippen molar-refractivity contribution in [1.82, 2.24) is 4.90 Å². The summed E-state index contributed by atoms with van der Waals surface area (Å²) in [7, 11) is 0. The Bertz CT molecular complexity index is 109. The second kappa shape index (κ2) is 1.74. The summed E-state index contributed by atoms with van der Waals surface area (Å²) < 4.78 is 0. The lowest BCUT2D eigenvalue weighted by atomic mass is 10.3. The van der Waals surface area contributed by atoms with Crippen molar-refractivity contribution in [3.63, 3.8) is 0 Å². The molecular weight excluding hydrogens is 106 g/mol. The third kappa shape index (κ3) is 0.980. The van der Waals surface area contributed by atoms with Crippen LogP contribution in [0.2, 0.25) is 0 Å². The first-order valence-electron chi connectivity index (χ1n) is 2.66. The number of nitrogens with zero attached hydrogens (tertiary/aromatic N) is 1. The first-order chi connectivity index (χ1) is 3.72. The largest absolute Gasteiger partial charge is 0.548 e. The van der Waals surface area contributed by atoms with Gasteiger partial charge in [-0.2, -0.15) is 0 Å². The molecule has 0 amide bonds. The highest BCUT2D eigenvalue weighted by molar-refractivity contribution is 5.70. The fourth-order valence-electron chi connectivity index (χ4n) is 0.594. The minimum Gasteiger partial charge on any atom is -0.548 e. The number of carboxylic acid groups (broad SMARTS) is 1. The summed E-state index contributed by atoms with van der Waals surface area (Å²) in [6.07, 6.45) is 0. The van der Waals surface area contributed by atoms with Gasteiger partial charge in [0, 0.05) is 19.1 Å². The molecule has 1 fully saturated rings. The standard InChI is InChI=1S/C5H9NO2/c1-4(5(7)8)6-2-3-6/h4H,2-3H2,1H3,(H,7,8)/p-1. The number of hydrogen-bond donors (Lipinski definition) is 0. The lowest BCUT2D eigenvalue weighted by molar-refractivity contribution is -0.309. The number of carbonyl (C=O) groups is 1. The molecule has 1 unspecified atom stereocenters. The van der Waals surface area contributed by atoms with E-state index in [-0.39, 0.29) is 6.04 Å². The van der Waals surface area contributed by atoms with Crippen LogP contribution in [0.5, 0.6) is 0 Å². The van der Waals surface area contributed by atoms with Crippen LogP contribution in [-0.4, -0.2) is 30.0 Å². The zero-order chi connectivity index (χ0) is 6.15. The van der Waals surface area contributed by atoms with Gasteiger partial charge in [-0.15, -0.1) is 0 Å². The number of aliphatic carboxylic acids is 1. The molecule has 1 aliphatic rings.